The van der Waals surface area contributed by atoms with E-state index in [0.717, 1.165) is 19.3 Å². The number of aryl methyl sites for hydroxylation is 1. The van der Waals surface area contributed by atoms with Gasteiger partial charge in [0.15, 0.2) is 0 Å². The van der Waals surface area contributed by atoms with Crippen molar-refractivity contribution in [1.82, 2.24) is 10.9 Å². The number of nitrogens with one attached hydrogen (secondary N) is 2. The number of benzene rings is 1. The number of non-ortho nitro benzene ring substituents is 1. The van der Waals surface area contributed by atoms with E-state index in [0.29, 0.717) is 16.4 Å². The molecule has 1 aliphatic carbocycles. The van der Waals surface area contributed by atoms with Gasteiger partial charge in [0.25, 0.3) is 17.5 Å². The Morgan fingerprint density at radius 1 is 1.30 bits per heavy atom. The number of nitro groups is 1. The highest BCUT2D eigenvalue weighted by Crippen LogP contribution is 2.32. The predicted octanol–water partition coefficient (Wildman–Crippen LogP) is 3.26. The number of amides is 2. The van der Waals surface area contributed by atoms with Crippen LogP contribution >= 0.6 is 11.3 Å². The number of carbonyl (C=O) groups excluding carboxylic acids is 2. The number of carbonyl (C=O) groups is 2. The van der Waals surface area contributed by atoms with Gasteiger partial charge in [-0.15, -0.1) is 11.3 Å². The summed E-state index contributed by atoms with van der Waals surface area (Å²) in [5, 5.41) is 10.8. The molecule has 1 atom stereocenters. The number of thiophene rings is 1. The first-order valence-electron chi connectivity index (χ1n) is 8.57. The molecule has 0 radical (unpaired) electrons. The molecule has 1 aliphatic rings. The summed E-state index contributed by atoms with van der Waals surface area (Å²) in [5.41, 5.74) is 6.41. The minimum absolute atomic E-state index is 0.0539. The molecule has 140 valence electrons. The molecular formula is C19H19N3O4S. The second-order valence-electron chi connectivity index (χ2n) is 6.54. The molecule has 2 amide bonds. The largest absolute Gasteiger partial charge is 0.279 e. The van der Waals surface area contributed by atoms with Crippen LogP contribution in [0.3, 0.4) is 0 Å². The standard InChI is InChI=1S/C19H19N3O4S/c1-12-5-7-16-14(9-12)11-17(27-16)19(24)21-20-18(23)8-6-13-3-2-4-15(10-13)22(25)26/h2-4,6,8,10-12H,5,7,9H2,1H3,(H,20,23)(H,21,24)/b8-6+/t12-/m0/s1. The predicted molar refractivity (Wildman–Crippen MR) is 103 cm³/mol. The maximum absolute atomic E-state index is 12.2. The van der Waals surface area contributed by atoms with Crippen molar-refractivity contribution in [2.24, 2.45) is 5.92 Å². The second-order valence-corrected chi connectivity index (χ2v) is 7.67. The molecule has 7 nitrogen and oxygen atoms in total. The smallest absolute Gasteiger partial charge is 0.268 e. The number of nitrogens with zero attached hydrogens (tertiary/aromatic N) is 1. The van der Waals surface area contributed by atoms with E-state index >= 15 is 0 Å². The summed E-state index contributed by atoms with van der Waals surface area (Å²) in [5.74, 6) is -0.245. The number of nitro benzene ring substituents is 1. The third kappa shape index (κ3) is 4.79. The van der Waals surface area contributed by atoms with E-state index in [1.807, 2.05) is 6.07 Å². The van der Waals surface area contributed by atoms with E-state index in [1.54, 1.807) is 6.07 Å². The van der Waals surface area contributed by atoms with Gasteiger partial charge in [-0.3, -0.25) is 30.6 Å². The van der Waals surface area contributed by atoms with Gasteiger partial charge in [-0.1, -0.05) is 19.1 Å². The lowest BCUT2D eigenvalue weighted by atomic mass is 9.90. The van der Waals surface area contributed by atoms with Crippen LogP contribution in [-0.4, -0.2) is 16.7 Å². The summed E-state index contributed by atoms with van der Waals surface area (Å²) in [6, 6.07) is 7.82. The third-order valence-corrected chi connectivity index (χ3v) is 5.60. The van der Waals surface area contributed by atoms with Crippen molar-refractivity contribution in [3.05, 3.63) is 67.4 Å². The molecule has 1 aromatic heterocycles. The Balaban J connectivity index is 1.55. The molecule has 0 spiro atoms. The molecule has 1 heterocycles. The summed E-state index contributed by atoms with van der Waals surface area (Å²) >= 11 is 1.47. The van der Waals surface area contributed by atoms with Gasteiger partial charge in [0.1, 0.15) is 0 Å². The van der Waals surface area contributed by atoms with Crippen molar-refractivity contribution in [2.45, 2.75) is 26.2 Å². The summed E-state index contributed by atoms with van der Waals surface area (Å²) in [7, 11) is 0. The van der Waals surface area contributed by atoms with Crippen LogP contribution in [-0.2, 0) is 17.6 Å². The number of hydrogen-bond acceptors (Lipinski definition) is 5. The molecule has 0 saturated heterocycles. The zero-order valence-corrected chi connectivity index (χ0v) is 15.5. The fourth-order valence-corrected chi connectivity index (χ4v) is 4.06. The SMILES string of the molecule is C[C@H]1CCc2sc(C(=O)NNC(=O)/C=C/c3cccc([N+](=O)[O-])c3)cc2C1. The van der Waals surface area contributed by atoms with Crippen molar-refractivity contribution in [3.63, 3.8) is 0 Å². The third-order valence-electron chi connectivity index (χ3n) is 4.36. The van der Waals surface area contributed by atoms with Gasteiger partial charge in [-0.25, -0.2) is 0 Å². The van der Waals surface area contributed by atoms with E-state index in [4.69, 9.17) is 0 Å². The van der Waals surface area contributed by atoms with Gasteiger partial charge in [-0.05, 0) is 48.4 Å². The molecule has 2 N–H and O–H groups in total. The quantitative estimate of drug-likeness (QED) is 0.479. The van der Waals surface area contributed by atoms with Gasteiger partial charge >= 0.3 is 0 Å². The maximum atomic E-state index is 12.2. The fourth-order valence-electron chi connectivity index (χ4n) is 2.95. The van der Waals surface area contributed by atoms with Gasteiger partial charge < -0.3 is 0 Å². The first-order chi connectivity index (χ1) is 12.9. The lowest BCUT2D eigenvalue weighted by Crippen LogP contribution is -2.40. The first-order valence-corrected chi connectivity index (χ1v) is 9.38. The number of hydrogen-bond donors (Lipinski definition) is 2. The van der Waals surface area contributed by atoms with Crippen molar-refractivity contribution in [3.8, 4) is 0 Å². The molecule has 1 aromatic carbocycles. The average Bonchev–Trinajstić information content (AvgIpc) is 3.07. The Hall–Kier alpha value is -3.00. The molecule has 0 aliphatic heterocycles. The van der Waals surface area contributed by atoms with Crippen molar-refractivity contribution in [2.75, 3.05) is 0 Å². The molecule has 0 fully saturated rings. The monoisotopic (exact) mass is 385 g/mol. The fraction of sp³-hybridized carbons (Fsp3) is 0.263. The van der Waals surface area contributed by atoms with Crippen LogP contribution in [0, 0.1) is 16.0 Å². The van der Waals surface area contributed by atoms with Crippen molar-refractivity contribution in [1.29, 1.82) is 0 Å². The van der Waals surface area contributed by atoms with Crippen molar-refractivity contribution < 1.29 is 14.5 Å². The van der Waals surface area contributed by atoms with Gasteiger partial charge in [0.2, 0.25) is 0 Å². The summed E-state index contributed by atoms with van der Waals surface area (Å²) < 4.78 is 0. The highest BCUT2D eigenvalue weighted by atomic mass is 32.1. The van der Waals surface area contributed by atoms with Crippen LogP contribution in [0.25, 0.3) is 6.08 Å². The highest BCUT2D eigenvalue weighted by molar-refractivity contribution is 7.14. The van der Waals surface area contributed by atoms with Gasteiger partial charge in [-0.2, -0.15) is 0 Å². The Labute approximate surface area is 160 Å². The Kier molecular flexibility index (Phi) is 5.66. The average molecular weight is 385 g/mol. The van der Waals surface area contributed by atoms with Crippen LogP contribution in [0.1, 0.15) is 39.0 Å². The van der Waals surface area contributed by atoms with E-state index in [-0.39, 0.29) is 11.6 Å². The minimum atomic E-state index is -0.523. The van der Waals surface area contributed by atoms with E-state index in [1.165, 1.54) is 52.1 Å². The minimum Gasteiger partial charge on any atom is -0.268 e. The van der Waals surface area contributed by atoms with E-state index < -0.39 is 10.8 Å². The second kappa shape index (κ2) is 8.13. The topological polar surface area (TPSA) is 101 Å². The Morgan fingerprint density at radius 3 is 2.89 bits per heavy atom. The molecule has 2 aromatic rings. The van der Waals surface area contributed by atoms with Crippen LogP contribution in [0.2, 0.25) is 0 Å². The number of fused-ring (bicyclic) bond motifs is 1. The Bertz CT molecular complexity index is 919. The zero-order valence-electron chi connectivity index (χ0n) is 14.7. The Morgan fingerprint density at radius 2 is 2.11 bits per heavy atom. The van der Waals surface area contributed by atoms with Crippen LogP contribution < -0.4 is 10.9 Å². The molecule has 0 saturated carbocycles. The zero-order chi connectivity index (χ0) is 19.4. The van der Waals surface area contributed by atoms with Gasteiger partial charge in [0, 0.05) is 23.1 Å². The molecule has 3 rings (SSSR count). The van der Waals surface area contributed by atoms with Crippen LogP contribution in [0.5, 0.6) is 0 Å². The summed E-state index contributed by atoms with van der Waals surface area (Å²) in [6.45, 7) is 2.20. The molecule has 0 unspecified atom stereocenters. The lowest BCUT2D eigenvalue weighted by Gasteiger charge is -2.16. The molecule has 0 bridgehead atoms. The number of hydrazine groups is 1. The normalized spacial score (nSPS) is 16.0. The number of rotatable bonds is 4. The lowest BCUT2D eigenvalue weighted by molar-refractivity contribution is -0.384. The van der Waals surface area contributed by atoms with Gasteiger partial charge in [0.05, 0.1) is 9.80 Å². The van der Waals surface area contributed by atoms with E-state index in [9.17, 15) is 19.7 Å². The van der Waals surface area contributed by atoms with Crippen LogP contribution in [0.4, 0.5) is 5.69 Å². The molecule has 8 heteroatoms. The summed E-state index contributed by atoms with van der Waals surface area (Å²) in [6.07, 6.45) is 5.76. The molecule has 27 heavy (non-hydrogen) atoms. The summed E-state index contributed by atoms with van der Waals surface area (Å²) in [4.78, 5) is 36.2. The van der Waals surface area contributed by atoms with E-state index in [2.05, 4.69) is 17.8 Å². The maximum Gasteiger partial charge on any atom is 0.279 e. The highest BCUT2D eigenvalue weighted by Gasteiger charge is 2.20. The van der Waals surface area contributed by atoms with Crippen LogP contribution in [0.15, 0.2) is 36.4 Å². The first kappa shape index (κ1) is 18.8. The molecular weight excluding hydrogens is 366 g/mol. The van der Waals surface area contributed by atoms with Crippen molar-refractivity contribution >= 4 is 34.9 Å².